The Labute approximate surface area is 813 Å². The zero-order valence-electron chi connectivity index (χ0n) is 81.8. The molecule has 38 nitrogen and oxygen atoms in total. The number of aromatic nitrogens is 2. The number of hydrogen-bond acceptors (Lipinski definition) is 28. The van der Waals surface area contributed by atoms with Crippen molar-refractivity contribution in [3.8, 4) is 11.5 Å². The van der Waals surface area contributed by atoms with Gasteiger partial charge in [-0.3, -0.25) is 116 Å². The molecule has 0 aliphatic carbocycles. The summed E-state index contributed by atoms with van der Waals surface area (Å²) in [6.07, 6.45) is 5.16. The topological polar surface area (TPSA) is 506 Å². The van der Waals surface area contributed by atoms with Gasteiger partial charge in [0.05, 0.1) is 48.4 Å². The van der Waals surface area contributed by atoms with Gasteiger partial charge < -0.3 is 61.0 Å². The van der Waals surface area contributed by atoms with Gasteiger partial charge >= 0.3 is 23.9 Å². The number of carboxylic acid groups (broad SMARTS) is 2. The molecule has 0 radical (unpaired) electrons. The summed E-state index contributed by atoms with van der Waals surface area (Å²) in [6.45, 7) is 19.8. The SMILES string of the molecule is CC[C@H](C)[C@H](CC(=O)[C@H]1CCCCN1C)C(=O)N(C)[C@H](C[C@@H](OC(C)=O)c1nc(C(=O)N[C@@H](Cc2ccc(O)c(NC(=O)CCN(C(=O)CCN3C(=O)C=CC3=O)N(CCC(=O)Nc3cc(C[C@@H](CC(C)C(=O)O)NC(=O)c4csc([C@@H](C[C@H](C(C)C)N(C)C(=O)[C@@H](CC(=O)[C@H]5CCCCN5C)[C@@H](C)CC)OC(C)=O)n4)ccc3O)C(=O)CCN3C(=O)C=CC3=O)c2)CC(C)C(=O)O)cs1)C(C)C. The zero-order chi connectivity index (χ0) is 102. The number of imide groups is 2. The molecule has 2 fully saturated rings. The summed E-state index contributed by atoms with van der Waals surface area (Å²) in [5.41, 5.74) is -0.0222. The number of carboxylic acids is 2. The van der Waals surface area contributed by atoms with Crippen molar-refractivity contribution in [1.29, 1.82) is 0 Å². The molecule has 0 bridgehead atoms. The first-order valence-corrected chi connectivity index (χ1v) is 49.2. The normalized spacial score (nSPS) is 17.8. The number of carbonyl (C=O) groups is 18. The highest BCUT2D eigenvalue weighted by Gasteiger charge is 2.43. The summed E-state index contributed by atoms with van der Waals surface area (Å²) in [7, 11) is 7.19. The van der Waals surface area contributed by atoms with Gasteiger partial charge in [0.2, 0.25) is 35.4 Å². The number of amides is 12. The van der Waals surface area contributed by atoms with Crippen molar-refractivity contribution in [3.63, 3.8) is 0 Å². The number of nitrogens with one attached hydrogen (secondary N) is 4. The molecule has 2 aromatic carbocycles. The number of phenolic OH excluding ortho intramolecular Hbond substituents is 2. The van der Waals surface area contributed by atoms with Gasteiger partial charge in [-0.05, 0) is 138 Å². The maximum Gasteiger partial charge on any atom is 0.306 e. The lowest BCUT2D eigenvalue weighted by Crippen LogP contribution is -2.53. The summed E-state index contributed by atoms with van der Waals surface area (Å²) >= 11 is 2.04. The molecule has 2 saturated heterocycles. The first-order chi connectivity index (χ1) is 65.2. The number of rotatable bonds is 52. The number of likely N-dealkylation sites (tertiary alicyclic amines) is 2. The van der Waals surface area contributed by atoms with E-state index < -0.39 is 206 Å². The molecular formula is C98H136N14O24S2. The quantitative estimate of drug-likeness (QED) is 0.00882. The molecule has 138 heavy (non-hydrogen) atoms. The number of piperidine rings is 2. The lowest BCUT2D eigenvalue weighted by atomic mass is 9.83. The Bertz CT molecular complexity index is 4800. The van der Waals surface area contributed by atoms with E-state index in [0.717, 1.165) is 106 Å². The maximum atomic E-state index is 14.8. The van der Waals surface area contributed by atoms with Crippen LogP contribution in [0.5, 0.6) is 11.5 Å². The van der Waals surface area contributed by atoms with Gasteiger partial charge in [0.15, 0.2) is 23.8 Å². The van der Waals surface area contributed by atoms with E-state index >= 15 is 0 Å². The number of likely N-dealkylation sites (N-methyl/N-ethyl adjacent to an activating group) is 2. The van der Waals surface area contributed by atoms with Crippen LogP contribution in [0.15, 0.2) is 71.5 Å². The Hall–Kier alpha value is -12.0. The molecular weight excluding hydrogens is 1820 g/mol. The summed E-state index contributed by atoms with van der Waals surface area (Å²) < 4.78 is 11.8. The Morgan fingerprint density at radius 3 is 1.16 bits per heavy atom. The molecule has 40 heteroatoms. The van der Waals surface area contributed by atoms with Gasteiger partial charge in [0.1, 0.15) is 32.9 Å². The number of carbonyl (C=O) groups excluding carboxylic acids is 16. The second kappa shape index (κ2) is 52.1. The number of hydrogen-bond donors (Lipinski definition) is 8. The number of esters is 2. The fourth-order valence-electron chi connectivity index (χ4n) is 18.0. The molecule has 6 heterocycles. The minimum absolute atomic E-state index is 0.0104. The van der Waals surface area contributed by atoms with Crippen molar-refractivity contribution in [3.05, 3.63) is 104 Å². The van der Waals surface area contributed by atoms with Crippen LogP contribution in [0.4, 0.5) is 11.4 Å². The first-order valence-electron chi connectivity index (χ1n) is 47.4. The Kier molecular flexibility index (Phi) is 42.0. The summed E-state index contributed by atoms with van der Waals surface area (Å²) in [5, 5.41) is 58.7. The van der Waals surface area contributed by atoms with Crippen molar-refractivity contribution in [2.45, 2.75) is 260 Å². The van der Waals surface area contributed by atoms with Gasteiger partial charge in [-0.15, -0.1) is 22.7 Å². The van der Waals surface area contributed by atoms with Crippen LogP contribution >= 0.6 is 22.7 Å². The van der Waals surface area contributed by atoms with Crippen molar-refractivity contribution in [1.82, 2.24) is 60.0 Å². The Morgan fingerprint density at radius 1 is 0.500 bits per heavy atom. The van der Waals surface area contributed by atoms with Crippen LogP contribution in [-0.2, 0) is 99.0 Å². The van der Waals surface area contributed by atoms with Crippen molar-refractivity contribution >= 4 is 140 Å². The highest BCUT2D eigenvalue weighted by Crippen LogP contribution is 2.38. The van der Waals surface area contributed by atoms with Crippen molar-refractivity contribution in [2.75, 3.05) is 78.1 Å². The Morgan fingerprint density at radius 2 is 0.848 bits per heavy atom. The number of benzene rings is 2. The first kappa shape index (κ1) is 111. The molecule has 14 atom stereocenters. The smallest absolute Gasteiger partial charge is 0.306 e. The van der Waals surface area contributed by atoms with Crippen LogP contribution in [0.2, 0.25) is 0 Å². The van der Waals surface area contributed by atoms with Crippen molar-refractivity contribution < 1.29 is 116 Å². The predicted octanol–water partition coefficient (Wildman–Crippen LogP) is 9.64. The minimum atomic E-state index is -1.20. The van der Waals surface area contributed by atoms with Crippen LogP contribution in [0.25, 0.3) is 0 Å². The lowest BCUT2D eigenvalue weighted by molar-refractivity contribution is -0.166. The lowest BCUT2D eigenvalue weighted by Gasteiger charge is -2.37. The third-order valence-electron chi connectivity index (χ3n) is 26.5. The summed E-state index contributed by atoms with van der Waals surface area (Å²) in [6, 6.07) is 4.40. The van der Waals surface area contributed by atoms with Crippen LogP contribution < -0.4 is 21.3 Å². The van der Waals surface area contributed by atoms with Crippen LogP contribution in [-0.4, -0.2) is 280 Å². The number of Topliss-reactive ketones (excluding diaryl/α,β-unsaturated/α-hetero) is 2. The van der Waals surface area contributed by atoms with Crippen LogP contribution in [0, 0.1) is 47.3 Å². The number of ketones is 2. The molecule has 754 valence electrons. The van der Waals surface area contributed by atoms with Gasteiger partial charge in [-0.1, -0.05) is 107 Å². The molecule has 4 aliphatic heterocycles. The molecule has 0 saturated carbocycles. The van der Waals surface area contributed by atoms with E-state index in [9.17, 15) is 107 Å². The number of aliphatic carboxylic acids is 2. The number of thiazole rings is 2. The third-order valence-corrected chi connectivity index (χ3v) is 28.4. The summed E-state index contributed by atoms with van der Waals surface area (Å²) in [5.74, 6) is -17.6. The third kappa shape index (κ3) is 31.5. The van der Waals surface area contributed by atoms with Crippen LogP contribution in [0.3, 0.4) is 0 Å². The average molecular weight is 1960 g/mol. The molecule has 8 rings (SSSR count). The Balaban J connectivity index is 0.989. The van der Waals surface area contributed by atoms with E-state index in [1.54, 1.807) is 23.9 Å². The van der Waals surface area contributed by atoms with Gasteiger partial charge in [0, 0.05) is 163 Å². The number of hydrazine groups is 1. The number of ether oxygens (including phenoxy) is 2. The highest BCUT2D eigenvalue weighted by atomic mass is 32.1. The maximum absolute atomic E-state index is 14.8. The number of aromatic hydroxyl groups is 2. The minimum Gasteiger partial charge on any atom is -0.506 e. The highest BCUT2D eigenvalue weighted by molar-refractivity contribution is 7.10. The second-order valence-electron chi connectivity index (χ2n) is 37.5. The molecule has 8 N–H and O–H groups in total. The molecule has 4 aromatic rings. The van der Waals surface area contributed by atoms with E-state index in [-0.39, 0.29) is 143 Å². The molecule has 4 aliphatic rings. The predicted molar refractivity (Wildman–Crippen MR) is 511 cm³/mol. The van der Waals surface area contributed by atoms with E-state index in [1.807, 2.05) is 79.3 Å². The monoisotopic (exact) mass is 1960 g/mol. The largest absolute Gasteiger partial charge is 0.506 e. The fourth-order valence-corrected chi connectivity index (χ4v) is 19.6. The van der Waals surface area contributed by atoms with E-state index in [1.165, 1.54) is 74.9 Å². The molecule has 2 aromatic heterocycles. The number of anilines is 2. The summed E-state index contributed by atoms with van der Waals surface area (Å²) in [4.78, 5) is 264. The number of phenols is 2. The molecule has 12 amide bonds. The van der Waals surface area contributed by atoms with E-state index in [0.29, 0.717) is 36.8 Å². The van der Waals surface area contributed by atoms with Gasteiger partial charge in [-0.25, -0.2) is 9.97 Å². The second-order valence-corrected chi connectivity index (χ2v) is 39.3. The molecule has 2 unspecified atom stereocenters. The van der Waals surface area contributed by atoms with Gasteiger partial charge in [-0.2, -0.15) is 0 Å². The standard InChI is InChI=1S/C98H136N14O24S2/c1-17-57(7)67(49-79(117)73-23-19-21-37-105(73)13)95(129)107(15)75(55(3)4)51-81(135-61(11)113)93-103-71(53-137-93)91(127)99-65(43-59(9)97(131)132)45-63-25-27-77(115)69(47-63)101-83(119)33-41-111(89(125)35-39-109-85(121)29-30-86(109)122)112(90(126)36-40-110-87(123)31-32-88(110)124)42-34-84(120)102-70-48-64(26-28-78(70)116)46-66(44-60(10)98(133)134)100-92(128)72-54-138-94(104-72)82(136-62(12)114)52-76(56(5)6)108(16)96(130)68(58(8)18-2)50-80(118)74-24-20-22-38-106(74)14/h25-32,47-48,53-60,65-68,73-76,81-82,115-116H,17-24,33-46,49-52H2,1-16H3,(H,99,127)(H,100,128)(H,101,119)(H,102,120)(H,131,132)(H,133,134)/t57-,58-,59?,60?,65+,66+,67-,68-,73+,74+,75+,76+,81+,82+/m0/s1. The zero-order valence-corrected chi connectivity index (χ0v) is 83.4. The molecule has 0 spiro atoms. The van der Waals surface area contributed by atoms with Gasteiger partial charge in [0.25, 0.3) is 35.4 Å². The van der Waals surface area contributed by atoms with E-state index in [4.69, 9.17) is 9.47 Å². The van der Waals surface area contributed by atoms with E-state index in [2.05, 4.69) is 31.2 Å². The average Bonchev–Trinajstić information content (AvgIpc) is 0.846. The number of nitrogens with zero attached hydrogens (tertiary/aromatic N) is 10. The van der Waals surface area contributed by atoms with Crippen molar-refractivity contribution in [2.24, 2.45) is 47.3 Å². The fraction of sp³-hybridized carbons (Fsp3) is 0.592. The van der Waals surface area contributed by atoms with Crippen LogP contribution in [0.1, 0.15) is 253 Å².